The first-order chi connectivity index (χ1) is 16.5. The van der Waals surface area contributed by atoms with Crippen molar-refractivity contribution in [1.29, 1.82) is 5.26 Å². The van der Waals surface area contributed by atoms with Crippen LogP contribution in [0.25, 0.3) is 11.1 Å². The first kappa shape index (κ1) is 22.9. The second kappa shape index (κ2) is 10.6. The first-order valence-electron chi connectivity index (χ1n) is 10.6. The van der Waals surface area contributed by atoms with Crippen molar-refractivity contribution < 1.29 is 14.3 Å². The third-order valence-electron chi connectivity index (χ3n) is 5.17. The lowest BCUT2D eigenvalue weighted by molar-refractivity contribution is -0.115. The zero-order valence-corrected chi connectivity index (χ0v) is 19.3. The molecule has 0 unspecified atom stereocenters. The van der Waals surface area contributed by atoms with Gasteiger partial charge in [-0.05, 0) is 36.2 Å². The predicted octanol–water partition coefficient (Wildman–Crippen LogP) is 5.53. The molecule has 4 aromatic rings. The largest absolute Gasteiger partial charge is 0.456 e. The van der Waals surface area contributed by atoms with Gasteiger partial charge < -0.3 is 10.1 Å². The van der Waals surface area contributed by atoms with Crippen molar-refractivity contribution in [1.82, 2.24) is 4.98 Å². The molecule has 1 heterocycles. The average Bonchev–Trinajstić information content (AvgIpc) is 3.31. The number of nitrogens with zero attached hydrogens (tertiary/aromatic N) is 2. The highest BCUT2D eigenvalue weighted by atomic mass is 32.1. The van der Waals surface area contributed by atoms with Crippen LogP contribution >= 0.6 is 11.3 Å². The van der Waals surface area contributed by atoms with Crippen LogP contribution in [0.15, 0.2) is 78.2 Å². The summed E-state index contributed by atoms with van der Waals surface area (Å²) >= 11 is 1.35. The Morgan fingerprint density at radius 3 is 2.50 bits per heavy atom. The van der Waals surface area contributed by atoms with Crippen molar-refractivity contribution in [2.75, 3.05) is 5.32 Å². The number of ether oxygens (including phenoxy) is 1. The molecule has 0 fully saturated rings. The maximum absolute atomic E-state index is 12.8. The molecule has 0 saturated heterocycles. The van der Waals surface area contributed by atoms with Crippen LogP contribution in [0.5, 0.6) is 0 Å². The molecule has 3 aromatic carbocycles. The number of amides is 1. The van der Waals surface area contributed by atoms with Gasteiger partial charge in [-0.3, -0.25) is 4.79 Å². The highest BCUT2D eigenvalue weighted by Crippen LogP contribution is 2.27. The van der Waals surface area contributed by atoms with E-state index in [1.807, 2.05) is 43.3 Å². The molecule has 34 heavy (non-hydrogen) atoms. The van der Waals surface area contributed by atoms with Gasteiger partial charge in [-0.2, -0.15) is 5.26 Å². The molecule has 0 saturated carbocycles. The van der Waals surface area contributed by atoms with Crippen molar-refractivity contribution in [3.63, 3.8) is 0 Å². The van der Waals surface area contributed by atoms with Crippen LogP contribution in [0.4, 0.5) is 5.69 Å². The second-order valence-corrected chi connectivity index (χ2v) is 8.49. The topological polar surface area (TPSA) is 92.1 Å². The number of nitrogens with one attached hydrogen (secondary N) is 1. The minimum Gasteiger partial charge on any atom is -0.456 e. The third kappa shape index (κ3) is 5.37. The third-order valence-corrected chi connectivity index (χ3v) is 6.06. The molecule has 1 amide bonds. The normalized spacial score (nSPS) is 10.4. The van der Waals surface area contributed by atoms with Crippen molar-refractivity contribution in [3.8, 4) is 17.2 Å². The number of aromatic nitrogens is 1. The monoisotopic (exact) mass is 467 g/mol. The number of hydrogen-bond donors (Lipinski definition) is 1. The summed E-state index contributed by atoms with van der Waals surface area (Å²) in [4.78, 5) is 29.6. The zero-order chi connectivity index (χ0) is 23.9. The van der Waals surface area contributed by atoms with E-state index in [0.717, 1.165) is 11.3 Å². The molecule has 0 aliphatic rings. The maximum Gasteiger partial charge on any atom is 0.339 e. The van der Waals surface area contributed by atoms with Gasteiger partial charge in [0, 0.05) is 16.6 Å². The predicted molar refractivity (Wildman–Crippen MR) is 131 cm³/mol. The van der Waals surface area contributed by atoms with Crippen LogP contribution in [0.2, 0.25) is 0 Å². The quantitative estimate of drug-likeness (QED) is 0.361. The summed E-state index contributed by atoms with van der Waals surface area (Å²) in [5.41, 5.74) is 4.50. The highest BCUT2D eigenvalue weighted by Gasteiger charge is 2.17. The molecule has 168 valence electrons. The van der Waals surface area contributed by atoms with Gasteiger partial charge in [-0.25, -0.2) is 9.78 Å². The summed E-state index contributed by atoms with van der Waals surface area (Å²) in [6, 6.07) is 23.9. The number of hydrogen-bond acceptors (Lipinski definition) is 6. The molecule has 1 N–H and O–H groups in total. The number of esters is 1. The van der Waals surface area contributed by atoms with Crippen LogP contribution in [0.1, 0.15) is 32.2 Å². The van der Waals surface area contributed by atoms with Gasteiger partial charge in [0.25, 0.3) is 0 Å². The van der Waals surface area contributed by atoms with Crippen LogP contribution in [0, 0.1) is 18.3 Å². The summed E-state index contributed by atoms with van der Waals surface area (Å²) in [6.45, 7) is 1.92. The number of nitriles is 1. The number of benzene rings is 3. The molecule has 0 atom stereocenters. The van der Waals surface area contributed by atoms with E-state index in [2.05, 4.69) is 16.4 Å². The summed E-state index contributed by atoms with van der Waals surface area (Å²) in [6.07, 6.45) is 0.140. The van der Waals surface area contributed by atoms with Gasteiger partial charge in [-0.1, -0.05) is 54.6 Å². The Hall–Kier alpha value is -4.28. The Labute approximate surface area is 201 Å². The Kier molecular flexibility index (Phi) is 7.11. The van der Waals surface area contributed by atoms with Crippen molar-refractivity contribution in [3.05, 3.63) is 106 Å². The number of carbonyl (C=O) groups excluding carboxylic acids is 2. The Morgan fingerprint density at radius 1 is 1.00 bits per heavy atom. The molecule has 0 aliphatic carbocycles. The van der Waals surface area contributed by atoms with E-state index in [4.69, 9.17) is 4.74 Å². The minimum absolute atomic E-state index is 0.0109. The van der Waals surface area contributed by atoms with Gasteiger partial charge in [0.1, 0.15) is 11.6 Å². The number of carbonyl (C=O) groups is 2. The Morgan fingerprint density at radius 2 is 1.71 bits per heavy atom. The zero-order valence-electron chi connectivity index (χ0n) is 18.4. The number of anilines is 1. The fraction of sp³-hybridized carbons (Fsp3) is 0.111. The molecular weight excluding hydrogens is 446 g/mol. The van der Waals surface area contributed by atoms with Crippen molar-refractivity contribution in [2.24, 2.45) is 0 Å². The van der Waals surface area contributed by atoms with E-state index in [1.54, 1.807) is 41.8 Å². The molecule has 0 bridgehead atoms. The van der Waals surface area contributed by atoms with E-state index in [0.29, 0.717) is 33.0 Å². The molecule has 1 aromatic heterocycles. The summed E-state index contributed by atoms with van der Waals surface area (Å²) in [7, 11) is 0. The van der Waals surface area contributed by atoms with Gasteiger partial charge >= 0.3 is 5.97 Å². The second-order valence-electron chi connectivity index (χ2n) is 7.55. The standard InChI is InChI=1S/C27H21N3O3S/c1-18-8-2-7-13-24(18)30-25(31)14-26-29-20(17-34-26)16-33-27(32)23-12-6-5-11-22(23)21-10-4-3-9-19(21)15-28/h2-13,17H,14,16H2,1H3,(H,30,31). The molecule has 4 rings (SSSR count). The van der Waals surface area contributed by atoms with E-state index in [9.17, 15) is 14.9 Å². The number of rotatable bonds is 7. The van der Waals surface area contributed by atoms with Gasteiger partial charge in [-0.15, -0.1) is 11.3 Å². The van der Waals surface area contributed by atoms with Crippen LogP contribution in [0.3, 0.4) is 0 Å². The lowest BCUT2D eigenvalue weighted by Crippen LogP contribution is -2.15. The van der Waals surface area contributed by atoms with E-state index in [1.165, 1.54) is 11.3 Å². The summed E-state index contributed by atoms with van der Waals surface area (Å²) < 4.78 is 5.50. The van der Waals surface area contributed by atoms with E-state index >= 15 is 0 Å². The molecule has 0 radical (unpaired) electrons. The minimum atomic E-state index is -0.504. The van der Waals surface area contributed by atoms with Crippen LogP contribution in [-0.2, 0) is 22.6 Å². The summed E-state index contributed by atoms with van der Waals surface area (Å²) in [5.74, 6) is -0.660. The molecule has 6 nitrogen and oxygen atoms in total. The van der Waals surface area contributed by atoms with Crippen molar-refractivity contribution >= 4 is 28.9 Å². The summed E-state index contributed by atoms with van der Waals surface area (Å²) in [5, 5.41) is 14.7. The molecule has 0 spiro atoms. The molecule has 0 aliphatic heterocycles. The lowest BCUT2D eigenvalue weighted by atomic mass is 9.96. The van der Waals surface area contributed by atoms with Crippen LogP contribution in [-0.4, -0.2) is 16.9 Å². The average molecular weight is 468 g/mol. The highest BCUT2D eigenvalue weighted by molar-refractivity contribution is 7.09. The van der Waals surface area contributed by atoms with E-state index < -0.39 is 5.97 Å². The lowest BCUT2D eigenvalue weighted by Gasteiger charge is -2.10. The molecule has 7 heteroatoms. The number of para-hydroxylation sites is 1. The van der Waals surface area contributed by atoms with Gasteiger partial charge in [0.2, 0.25) is 5.91 Å². The number of aryl methyl sites for hydroxylation is 1. The van der Waals surface area contributed by atoms with Gasteiger partial charge in [0.15, 0.2) is 0 Å². The van der Waals surface area contributed by atoms with Gasteiger partial charge in [0.05, 0.1) is 29.3 Å². The Bertz CT molecular complexity index is 1390. The maximum atomic E-state index is 12.8. The van der Waals surface area contributed by atoms with E-state index in [-0.39, 0.29) is 18.9 Å². The SMILES string of the molecule is Cc1ccccc1NC(=O)Cc1nc(COC(=O)c2ccccc2-c2ccccc2C#N)cs1. The first-order valence-corrected chi connectivity index (χ1v) is 11.5. The molecular formula is C27H21N3O3S. The van der Waals surface area contributed by atoms with Crippen LogP contribution < -0.4 is 5.32 Å². The van der Waals surface area contributed by atoms with Crippen molar-refractivity contribution in [2.45, 2.75) is 20.0 Å². The Balaban J connectivity index is 1.40. The fourth-order valence-electron chi connectivity index (χ4n) is 3.47. The fourth-order valence-corrected chi connectivity index (χ4v) is 4.25. The number of thiazole rings is 1. The smallest absolute Gasteiger partial charge is 0.339 e.